The summed E-state index contributed by atoms with van der Waals surface area (Å²) >= 11 is 0. The largest absolute Gasteiger partial charge is 0.399 e. The van der Waals surface area contributed by atoms with Crippen LogP contribution in [0.5, 0.6) is 0 Å². The van der Waals surface area contributed by atoms with E-state index >= 15 is 0 Å². The van der Waals surface area contributed by atoms with Gasteiger partial charge in [0.25, 0.3) is 0 Å². The second kappa shape index (κ2) is 6.20. The van der Waals surface area contributed by atoms with Gasteiger partial charge in [0.2, 0.25) is 0 Å². The van der Waals surface area contributed by atoms with E-state index in [4.69, 9.17) is 26.6 Å². The molecule has 0 saturated heterocycles. The zero-order valence-corrected chi connectivity index (χ0v) is 14.8. The van der Waals surface area contributed by atoms with Gasteiger partial charge in [-0.15, -0.1) is 0 Å². The normalized spacial score (nSPS) is 32.8. The lowest BCUT2D eigenvalue weighted by atomic mass is 9.65. The van der Waals surface area contributed by atoms with E-state index in [1.165, 1.54) is 11.1 Å². The molecule has 130 valence electrons. The molecule has 24 heavy (non-hydrogen) atoms. The summed E-state index contributed by atoms with van der Waals surface area (Å²) in [5.74, 6) is 0.534. The summed E-state index contributed by atoms with van der Waals surface area (Å²) in [5, 5.41) is 7.70. The van der Waals surface area contributed by atoms with Crippen LogP contribution in [-0.2, 0) is 11.2 Å². The highest BCUT2D eigenvalue weighted by atomic mass is 16.5. The van der Waals surface area contributed by atoms with Crippen molar-refractivity contribution in [2.24, 2.45) is 22.1 Å². The Hall–Kier alpha value is -1.88. The molecule has 0 amide bonds. The average Bonchev–Trinajstić information content (AvgIpc) is 2.80. The maximum Gasteiger partial charge on any atom is 0.136 e. The third kappa shape index (κ3) is 2.81. The molecule has 0 bridgehead atoms. The number of amidine groups is 1. The number of fused-ring (bicyclic) bond motifs is 1. The number of benzene rings is 1. The first-order valence-electron chi connectivity index (χ1n) is 8.66. The molecule has 1 fully saturated rings. The van der Waals surface area contributed by atoms with Gasteiger partial charge in [-0.25, -0.2) is 0 Å². The highest BCUT2D eigenvalue weighted by molar-refractivity contribution is 6.38. The standard InChI is InChI=1S/C19H28N4O/c1-11-9-19(7-6-16(11)24-3)10-13-4-5-14(20)8-15(13)17(19)23-12(2)18(21)22/h4-5,8,11,16-17H,6-7,9-10,20H2,1-3H3,(H3,21,22)/t11-,16-,17+,19-/m0/s1. The van der Waals surface area contributed by atoms with E-state index in [1.54, 1.807) is 7.11 Å². The molecule has 2 aliphatic rings. The molecule has 4 atom stereocenters. The third-order valence-corrected chi connectivity index (χ3v) is 5.89. The minimum Gasteiger partial charge on any atom is -0.399 e. The molecule has 0 radical (unpaired) electrons. The Balaban J connectivity index is 2.03. The first kappa shape index (κ1) is 17.0. The van der Waals surface area contributed by atoms with Gasteiger partial charge in [0.05, 0.1) is 17.9 Å². The Bertz CT molecular complexity index is 684. The number of nitrogen functional groups attached to an aromatic ring is 1. The van der Waals surface area contributed by atoms with E-state index in [-0.39, 0.29) is 17.3 Å². The maximum absolute atomic E-state index is 7.70. The number of hydrogen-bond acceptors (Lipinski definition) is 4. The molecule has 5 nitrogen and oxygen atoms in total. The van der Waals surface area contributed by atoms with Gasteiger partial charge in [-0.05, 0) is 61.8 Å². The van der Waals surface area contributed by atoms with Crippen molar-refractivity contribution in [1.82, 2.24) is 0 Å². The average molecular weight is 328 g/mol. The SMILES string of the molecule is CO[C@H]1CC[C@@]2(Cc3ccc(N)cc3[C@H]2N=C(C)C(=N)N)C[C@@H]1C. The van der Waals surface area contributed by atoms with Gasteiger partial charge >= 0.3 is 0 Å². The third-order valence-electron chi connectivity index (χ3n) is 5.89. The summed E-state index contributed by atoms with van der Waals surface area (Å²) in [6.07, 6.45) is 4.53. The molecule has 1 spiro atoms. The topological polar surface area (TPSA) is 97.5 Å². The number of aliphatic imine (C=N–C) groups is 1. The van der Waals surface area contributed by atoms with Gasteiger partial charge in [-0.3, -0.25) is 10.4 Å². The van der Waals surface area contributed by atoms with Crippen molar-refractivity contribution in [3.8, 4) is 0 Å². The monoisotopic (exact) mass is 328 g/mol. The molecule has 5 N–H and O–H groups in total. The number of anilines is 1. The van der Waals surface area contributed by atoms with Crippen molar-refractivity contribution in [2.75, 3.05) is 12.8 Å². The molecule has 1 aromatic carbocycles. The molecule has 0 heterocycles. The highest BCUT2D eigenvalue weighted by Gasteiger charge is 2.50. The minimum atomic E-state index is 0.0279. The van der Waals surface area contributed by atoms with Gasteiger partial charge < -0.3 is 16.2 Å². The zero-order chi connectivity index (χ0) is 17.5. The summed E-state index contributed by atoms with van der Waals surface area (Å²) in [5.41, 5.74) is 15.7. The predicted octanol–water partition coefficient (Wildman–Crippen LogP) is 3.08. The number of rotatable bonds is 3. The fourth-order valence-corrected chi connectivity index (χ4v) is 4.65. The van der Waals surface area contributed by atoms with Crippen molar-refractivity contribution in [2.45, 2.75) is 51.7 Å². The number of ether oxygens (including phenoxy) is 1. The van der Waals surface area contributed by atoms with E-state index in [1.807, 2.05) is 13.0 Å². The van der Waals surface area contributed by atoms with E-state index in [2.05, 4.69) is 19.1 Å². The van der Waals surface area contributed by atoms with Gasteiger partial charge in [-0.1, -0.05) is 13.0 Å². The Labute approximate surface area is 144 Å². The van der Waals surface area contributed by atoms with Gasteiger partial charge in [0.15, 0.2) is 0 Å². The highest BCUT2D eigenvalue weighted by Crippen LogP contribution is 2.57. The van der Waals surface area contributed by atoms with E-state index in [0.717, 1.165) is 31.4 Å². The smallest absolute Gasteiger partial charge is 0.136 e. The Kier molecular flexibility index (Phi) is 4.38. The van der Waals surface area contributed by atoms with Crippen LogP contribution in [0.15, 0.2) is 23.2 Å². The molecule has 1 saturated carbocycles. The molecule has 2 aliphatic carbocycles. The Morgan fingerprint density at radius 2 is 2.17 bits per heavy atom. The zero-order valence-electron chi connectivity index (χ0n) is 14.8. The first-order valence-corrected chi connectivity index (χ1v) is 8.66. The van der Waals surface area contributed by atoms with Crippen LogP contribution in [0.25, 0.3) is 0 Å². The van der Waals surface area contributed by atoms with E-state index in [9.17, 15) is 0 Å². The molecular weight excluding hydrogens is 300 g/mol. The maximum atomic E-state index is 7.70. The van der Waals surface area contributed by atoms with Crippen LogP contribution in [-0.4, -0.2) is 24.8 Å². The van der Waals surface area contributed by atoms with E-state index < -0.39 is 0 Å². The van der Waals surface area contributed by atoms with Crippen molar-refractivity contribution in [1.29, 1.82) is 5.41 Å². The summed E-state index contributed by atoms with van der Waals surface area (Å²) in [6.45, 7) is 4.09. The molecule has 3 rings (SSSR count). The van der Waals surface area contributed by atoms with Crippen molar-refractivity contribution in [3.63, 3.8) is 0 Å². The van der Waals surface area contributed by atoms with Gasteiger partial charge in [0.1, 0.15) is 5.84 Å². The lowest BCUT2D eigenvalue weighted by Gasteiger charge is -2.43. The number of hydrogen-bond donors (Lipinski definition) is 3. The Morgan fingerprint density at radius 1 is 1.42 bits per heavy atom. The van der Waals surface area contributed by atoms with Crippen molar-refractivity contribution in [3.05, 3.63) is 29.3 Å². The van der Waals surface area contributed by atoms with Gasteiger partial charge in [0, 0.05) is 18.2 Å². The first-order chi connectivity index (χ1) is 11.4. The summed E-state index contributed by atoms with van der Waals surface area (Å²) in [7, 11) is 1.80. The fourth-order valence-electron chi connectivity index (χ4n) is 4.65. The Morgan fingerprint density at radius 3 is 2.79 bits per heavy atom. The summed E-state index contributed by atoms with van der Waals surface area (Å²) in [4.78, 5) is 4.89. The van der Waals surface area contributed by atoms with Gasteiger partial charge in [-0.2, -0.15) is 0 Å². The summed E-state index contributed by atoms with van der Waals surface area (Å²) < 4.78 is 5.65. The van der Waals surface area contributed by atoms with Crippen LogP contribution < -0.4 is 11.5 Å². The van der Waals surface area contributed by atoms with Crippen molar-refractivity contribution >= 4 is 17.2 Å². The van der Waals surface area contributed by atoms with Crippen LogP contribution >= 0.6 is 0 Å². The molecule has 0 aromatic heterocycles. The molecular formula is C19H28N4O. The molecule has 5 heteroatoms. The van der Waals surface area contributed by atoms with Crippen LogP contribution in [0.4, 0.5) is 5.69 Å². The number of nitrogens with two attached hydrogens (primary N) is 2. The van der Waals surface area contributed by atoms with Crippen molar-refractivity contribution < 1.29 is 4.74 Å². The predicted molar refractivity (Wildman–Crippen MR) is 98.6 cm³/mol. The lowest BCUT2D eigenvalue weighted by molar-refractivity contribution is -0.0196. The second-order valence-corrected chi connectivity index (χ2v) is 7.52. The molecule has 0 aliphatic heterocycles. The number of nitrogens with one attached hydrogen (secondary N) is 1. The molecule has 1 aromatic rings. The minimum absolute atomic E-state index is 0.0279. The van der Waals surface area contributed by atoms with E-state index in [0.29, 0.717) is 17.7 Å². The van der Waals surface area contributed by atoms with Crippen LogP contribution in [0.1, 0.15) is 50.3 Å². The number of nitrogens with zero attached hydrogens (tertiary/aromatic N) is 1. The molecule has 0 unspecified atom stereocenters. The number of methoxy groups -OCH3 is 1. The fraction of sp³-hybridized carbons (Fsp3) is 0.579. The quantitative estimate of drug-likeness (QED) is 0.452. The van der Waals surface area contributed by atoms with Crippen LogP contribution in [0, 0.1) is 16.7 Å². The second-order valence-electron chi connectivity index (χ2n) is 7.52. The van der Waals surface area contributed by atoms with Crippen LogP contribution in [0.3, 0.4) is 0 Å². The summed E-state index contributed by atoms with van der Waals surface area (Å²) in [6, 6.07) is 6.19. The van der Waals surface area contributed by atoms with Crippen LogP contribution in [0.2, 0.25) is 0 Å². The lowest BCUT2D eigenvalue weighted by Crippen LogP contribution is -2.39.